The van der Waals surface area contributed by atoms with Crippen molar-refractivity contribution in [1.29, 1.82) is 0 Å². The zero-order chi connectivity index (χ0) is 30.3. The average Bonchev–Trinajstić information content (AvgIpc) is 2.97. The van der Waals surface area contributed by atoms with Crippen molar-refractivity contribution >= 4 is 5.91 Å². The van der Waals surface area contributed by atoms with E-state index in [1.54, 1.807) is 0 Å². The van der Waals surface area contributed by atoms with E-state index >= 15 is 0 Å². The van der Waals surface area contributed by atoms with Crippen LogP contribution in [0.5, 0.6) is 0 Å². The molecule has 6 N–H and O–H groups in total. The first kappa shape index (κ1) is 38.2. The topological polar surface area (TPSA) is 149 Å². The number of rotatable bonds is 26. The van der Waals surface area contributed by atoms with Crippen LogP contribution in [0.2, 0.25) is 0 Å². The van der Waals surface area contributed by atoms with E-state index in [-0.39, 0.29) is 12.5 Å². The van der Waals surface area contributed by atoms with Crippen molar-refractivity contribution in [2.45, 2.75) is 185 Å². The van der Waals surface area contributed by atoms with Gasteiger partial charge in [-0.15, -0.1) is 0 Å². The van der Waals surface area contributed by atoms with E-state index < -0.39 is 49.5 Å². The fourth-order valence-corrected chi connectivity index (χ4v) is 5.39. The molecule has 1 aliphatic heterocycles. The second-order valence-electron chi connectivity index (χ2n) is 12.0. The highest BCUT2D eigenvalue weighted by molar-refractivity contribution is 5.76. The Morgan fingerprint density at radius 1 is 0.732 bits per heavy atom. The molecule has 7 atom stereocenters. The van der Waals surface area contributed by atoms with E-state index in [0.717, 1.165) is 38.5 Å². The first-order valence-electron chi connectivity index (χ1n) is 16.7. The van der Waals surface area contributed by atoms with Crippen LogP contribution in [-0.2, 0) is 14.3 Å². The van der Waals surface area contributed by atoms with Gasteiger partial charge in [0, 0.05) is 6.42 Å². The van der Waals surface area contributed by atoms with Gasteiger partial charge in [-0.05, 0) is 12.8 Å². The highest BCUT2D eigenvalue weighted by Crippen LogP contribution is 2.23. The Labute approximate surface area is 249 Å². The molecule has 1 heterocycles. The fourth-order valence-electron chi connectivity index (χ4n) is 5.39. The Morgan fingerprint density at radius 2 is 1.22 bits per heavy atom. The molecule has 0 aliphatic carbocycles. The Balaban J connectivity index is 2.44. The minimum absolute atomic E-state index is 0.135. The lowest BCUT2D eigenvalue weighted by molar-refractivity contribution is -0.302. The number of amides is 1. The summed E-state index contributed by atoms with van der Waals surface area (Å²) in [6.07, 6.45) is 14.2. The second-order valence-corrected chi connectivity index (χ2v) is 12.0. The molecule has 9 nitrogen and oxygen atoms in total. The number of carbonyl (C=O) groups excluding carboxylic acids is 1. The molecule has 0 saturated carbocycles. The zero-order valence-electron chi connectivity index (χ0n) is 26.1. The molecule has 0 aromatic heterocycles. The predicted molar refractivity (Wildman–Crippen MR) is 161 cm³/mol. The first-order valence-corrected chi connectivity index (χ1v) is 16.7. The number of aliphatic hydroxyl groups is 5. The van der Waals surface area contributed by atoms with Gasteiger partial charge in [0.25, 0.3) is 0 Å². The molecule has 1 saturated heterocycles. The van der Waals surface area contributed by atoms with Crippen LogP contribution >= 0.6 is 0 Å². The Kier molecular flexibility index (Phi) is 22.9. The van der Waals surface area contributed by atoms with Crippen molar-refractivity contribution in [3.63, 3.8) is 0 Å². The maximum atomic E-state index is 12.7. The molecule has 0 aromatic carbocycles. The summed E-state index contributed by atoms with van der Waals surface area (Å²) < 4.78 is 11.1. The SMILES string of the molecule is CCCCCCCCCCCCCCC(=O)NC(COC1OC(CO)C(O)C(O)C1O)C(O)CCCCCCCC. The van der Waals surface area contributed by atoms with Gasteiger partial charge in [0.05, 0.1) is 25.4 Å². The Hall–Kier alpha value is -0.810. The van der Waals surface area contributed by atoms with Crippen LogP contribution < -0.4 is 5.32 Å². The summed E-state index contributed by atoms with van der Waals surface area (Å²) in [5.41, 5.74) is 0. The van der Waals surface area contributed by atoms with E-state index in [9.17, 15) is 30.3 Å². The highest BCUT2D eigenvalue weighted by atomic mass is 16.7. The van der Waals surface area contributed by atoms with Gasteiger partial charge < -0.3 is 40.3 Å². The normalized spacial score (nSPS) is 24.3. The standard InChI is InChI=1S/C32H63NO8/c1-3-5-7-9-11-12-13-14-15-16-18-20-22-28(36)33-25(26(35)21-19-17-10-8-6-4-2)24-40-32-31(39)30(38)29(37)27(23-34)41-32/h25-27,29-32,34-35,37-39H,3-24H2,1-2H3,(H,33,36). The minimum atomic E-state index is -1.54. The van der Waals surface area contributed by atoms with Gasteiger partial charge in [-0.2, -0.15) is 0 Å². The molecule has 0 spiro atoms. The van der Waals surface area contributed by atoms with Crippen molar-refractivity contribution in [1.82, 2.24) is 5.32 Å². The fraction of sp³-hybridized carbons (Fsp3) is 0.969. The zero-order valence-corrected chi connectivity index (χ0v) is 26.1. The van der Waals surface area contributed by atoms with E-state index in [4.69, 9.17) is 9.47 Å². The summed E-state index contributed by atoms with van der Waals surface area (Å²) in [4.78, 5) is 12.7. The Morgan fingerprint density at radius 3 is 1.73 bits per heavy atom. The van der Waals surface area contributed by atoms with Gasteiger partial charge in [-0.25, -0.2) is 0 Å². The van der Waals surface area contributed by atoms with Crippen LogP contribution in [0.4, 0.5) is 0 Å². The lowest BCUT2D eigenvalue weighted by Crippen LogP contribution is -2.60. The van der Waals surface area contributed by atoms with Crippen LogP contribution in [-0.4, -0.2) is 87.5 Å². The smallest absolute Gasteiger partial charge is 0.220 e. The lowest BCUT2D eigenvalue weighted by Gasteiger charge is -2.40. The maximum absolute atomic E-state index is 12.7. The Bertz CT molecular complexity index is 623. The van der Waals surface area contributed by atoms with Gasteiger partial charge in [-0.3, -0.25) is 4.79 Å². The first-order chi connectivity index (χ1) is 19.8. The summed E-state index contributed by atoms with van der Waals surface area (Å²) in [7, 11) is 0. The molecular weight excluding hydrogens is 526 g/mol. The summed E-state index contributed by atoms with van der Waals surface area (Å²) in [6.45, 7) is 3.73. The monoisotopic (exact) mass is 589 g/mol. The second kappa shape index (κ2) is 24.6. The number of unbranched alkanes of at least 4 members (excludes halogenated alkanes) is 16. The van der Waals surface area contributed by atoms with E-state index in [1.807, 2.05) is 0 Å². The lowest BCUT2D eigenvalue weighted by atomic mass is 9.99. The quantitative estimate of drug-likeness (QED) is 0.0809. The molecule has 0 radical (unpaired) electrons. The van der Waals surface area contributed by atoms with Crippen molar-refractivity contribution in [2.24, 2.45) is 0 Å². The minimum Gasteiger partial charge on any atom is -0.394 e. The molecule has 1 fully saturated rings. The number of nitrogens with one attached hydrogen (secondary N) is 1. The molecule has 9 heteroatoms. The summed E-state index contributed by atoms with van der Waals surface area (Å²) in [5, 5.41) is 53.5. The summed E-state index contributed by atoms with van der Waals surface area (Å²) in [5.74, 6) is -0.151. The number of hydrogen-bond acceptors (Lipinski definition) is 8. The number of ether oxygens (including phenoxy) is 2. The van der Waals surface area contributed by atoms with Crippen molar-refractivity contribution in [3.8, 4) is 0 Å². The van der Waals surface area contributed by atoms with Crippen LogP contribution in [0.25, 0.3) is 0 Å². The largest absolute Gasteiger partial charge is 0.394 e. The molecular formula is C32H63NO8. The van der Waals surface area contributed by atoms with Crippen molar-refractivity contribution in [2.75, 3.05) is 13.2 Å². The molecule has 1 aliphatic rings. The van der Waals surface area contributed by atoms with Crippen molar-refractivity contribution in [3.05, 3.63) is 0 Å². The van der Waals surface area contributed by atoms with Crippen LogP contribution in [0.15, 0.2) is 0 Å². The molecule has 0 bridgehead atoms. The van der Waals surface area contributed by atoms with Gasteiger partial charge in [0.2, 0.25) is 5.91 Å². The van der Waals surface area contributed by atoms with Crippen LogP contribution in [0.1, 0.15) is 142 Å². The van der Waals surface area contributed by atoms with Crippen LogP contribution in [0, 0.1) is 0 Å². The molecule has 1 rings (SSSR count). The van der Waals surface area contributed by atoms with E-state index in [0.29, 0.717) is 12.8 Å². The highest BCUT2D eigenvalue weighted by Gasteiger charge is 2.44. The summed E-state index contributed by atoms with van der Waals surface area (Å²) in [6, 6.07) is -0.706. The van der Waals surface area contributed by atoms with Crippen molar-refractivity contribution < 1.29 is 39.8 Å². The molecule has 244 valence electrons. The van der Waals surface area contributed by atoms with Gasteiger partial charge in [0.15, 0.2) is 6.29 Å². The van der Waals surface area contributed by atoms with Gasteiger partial charge in [-0.1, -0.05) is 123 Å². The van der Waals surface area contributed by atoms with E-state index in [1.165, 1.54) is 77.0 Å². The molecule has 1 amide bonds. The van der Waals surface area contributed by atoms with Crippen LogP contribution in [0.3, 0.4) is 0 Å². The predicted octanol–water partition coefficient (Wildman–Crippen LogP) is 4.49. The third-order valence-corrected chi connectivity index (χ3v) is 8.21. The van der Waals surface area contributed by atoms with E-state index in [2.05, 4.69) is 19.2 Å². The average molecular weight is 590 g/mol. The van der Waals surface area contributed by atoms with Gasteiger partial charge in [0.1, 0.15) is 24.4 Å². The number of carbonyl (C=O) groups is 1. The number of aliphatic hydroxyl groups excluding tert-OH is 5. The third-order valence-electron chi connectivity index (χ3n) is 8.21. The molecule has 7 unspecified atom stereocenters. The molecule has 41 heavy (non-hydrogen) atoms. The number of hydrogen-bond donors (Lipinski definition) is 6. The molecule has 0 aromatic rings. The summed E-state index contributed by atoms with van der Waals surface area (Å²) >= 11 is 0. The van der Waals surface area contributed by atoms with Gasteiger partial charge >= 0.3 is 0 Å². The maximum Gasteiger partial charge on any atom is 0.220 e. The third kappa shape index (κ3) is 17.2.